The third kappa shape index (κ3) is 23.0. The van der Waals surface area contributed by atoms with Crippen molar-refractivity contribution in [1.82, 2.24) is 10.6 Å². The minimum Gasteiger partial charge on any atom is -0.457 e. The quantitative estimate of drug-likeness (QED) is 0.0334. The van der Waals surface area contributed by atoms with Crippen molar-refractivity contribution >= 4 is 109 Å². The summed E-state index contributed by atoms with van der Waals surface area (Å²) in [6.45, 7) is 22.5. The van der Waals surface area contributed by atoms with Crippen LogP contribution in [0, 0.1) is 25.1 Å². The van der Waals surface area contributed by atoms with Gasteiger partial charge in [-0.2, -0.15) is 0 Å². The van der Waals surface area contributed by atoms with E-state index >= 15 is 0 Å². The van der Waals surface area contributed by atoms with E-state index in [1.807, 2.05) is 0 Å². The average molecular weight is 928 g/mol. The van der Waals surface area contributed by atoms with E-state index in [4.69, 9.17) is 68.6 Å². The first-order valence-corrected chi connectivity index (χ1v) is 18.2. The Balaban J connectivity index is -0.000000664. The van der Waals surface area contributed by atoms with Crippen LogP contribution in [-0.4, -0.2) is 65.8 Å². The highest BCUT2D eigenvalue weighted by molar-refractivity contribution is 8.93. The monoisotopic (exact) mass is 925 g/mol. The number of nitrogens with one attached hydrogen (secondary N) is 3. The summed E-state index contributed by atoms with van der Waals surface area (Å²) in [4.78, 5) is 43.6. The van der Waals surface area contributed by atoms with Crippen LogP contribution in [0.1, 0.15) is 68.0 Å². The van der Waals surface area contributed by atoms with Crippen LogP contribution in [0.3, 0.4) is 0 Å². The lowest BCUT2D eigenvalue weighted by molar-refractivity contribution is 0.0534. The van der Waals surface area contributed by atoms with Crippen LogP contribution in [0.25, 0.3) is 14.5 Å². The summed E-state index contributed by atoms with van der Waals surface area (Å²) in [5.41, 5.74) is 19.4. The van der Waals surface area contributed by atoms with Crippen molar-refractivity contribution in [1.29, 1.82) is 5.41 Å². The molecule has 2 heterocycles. The van der Waals surface area contributed by atoms with E-state index in [-0.39, 0.29) is 64.4 Å². The molecule has 2 aliphatic heterocycles. The van der Waals surface area contributed by atoms with Gasteiger partial charge >= 0.3 is 5.97 Å². The van der Waals surface area contributed by atoms with Gasteiger partial charge in [0.05, 0.1) is 37.2 Å². The van der Waals surface area contributed by atoms with Gasteiger partial charge in [-0.25, -0.2) is 19.3 Å². The van der Waals surface area contributed by atoms with Gasteiger partial charge < -0.3 is 42.4 Å². The molecule has 0 saturated carbocycles. The lowest BCUT2D eigenvalue weighted by atomic mass is 10.1. The molecule has 0 bridgehead atoms. The van der Waals surface area contributed by atoms with Crippen LogP contribution < -0.4 is 27.8 Å². The zero-order valence-corrected chi connectivity index (χ0v) is 35.3. The Bertz CT molecular complexity index is 1890. The van der Waals surface area contributed by atoms with Crippen LogP contribution in [-0.2, 0) is 28.4 Å². The number of fused-ring (bicyclic) bond motifs is 1. The molecule has 3 aromatic rings. The number of rotatable bonds is 5. The zero-order chi connectivity index (χ0) is 41.8. The number of hydrogen-bond donors (Lipinski definition) is 7. The number of thiocarbonyl (C=S) groups is 1. The summed E-state index contributed by atoms with van der Waals surface area (Å²) in [6.07, 6.45) is 2.56. The molecular formula is C37H46BrCl2N9O6S2. The standard InChI is InChI=1S/C11H12N4OS.C10H10N2O2.C9H5NO2.C4H8O.CH2Cl2.CH4N2S.CH4.BrH/c1-14-8-3-4-9(10(16)15-2)7(5-8)6-17-11(12)13;1-11-8-3-4-9(10(14)12-2)7(5-8)6-13;1-10-7-2-3-8-6(4-7)5-12-9(8)11;1-2-4-5-3-1;2-1-3;2-1(3)4;;/h3-5H,6H2,2H3,(H3,12,13)(H,15,16);3-5,13H,6H2,2H3,(H,12,14);2-4H,5H2;1-4H2;1H2;(H4,2,3,4);1H4;1H. The fourth-order valence-electron chi connectivity index (χ4n) is 4.12. The lowest BCUT2D eigenvalue weighted by Gasteiger charge is -2.08. The van der Waals surface area contributed by atoms with E-state index in [2.05, 4.69) is 48.9 Å². The molecule has 308 valence electrons. The maximum atomic E-state index is 11.6. The first-order valence-electron chi connectivity index (χ1n) is 15.7. The minimum atomic E-state index is -0.290. The van der Waals surface area contributed by atoms with Crippen LogP contribution in [0.5, 0.6) is 0 Å². The summed E-state index contributed by atoms with van der Waals surface area (Å²) < 4.78 is 9.73. The third-order valence-corrected chi connectivity index (χ3v) is 7.32. The minimum absolute atomic E-state index is 0. The Hall–Kier alpha value is -4.97. The molecule has 0 aromatic heterocycles. The third-order valence-electron chi connectivity index (χ3n) is 6.56. The zero-order valence-electron chi connectivity index (χ0n) is 30.4. The van der Waals surface area contributed by atoms with Gasteiger partial charge in [-0.1, -0.05) is 67.7 Å². The highest BCUT2D eigenvalue weighted by Crippen LogP contribution is 2.25. The van der Waals surface area contributed by atoms with Gasteiger partial charge in [0.1, 0.15) is 6.61 Å². The first kappa shape index (κ1) is 56.4. The summed E-state index contributed by atoms with van der Waals surface area (Å²) >= 11 is 14.7. The van der Waals surface area contributed by atoms with Gasteiger partial charge in [0.15, 0.2) is 27.3 Å². The Kier molecular flexibility index (Phi) is 32.8. The second-order valence-corrected chi connectivity index (χ2v) is 12.5. The number of amidine groups is 1. The predicted molar refractivity (Wildman–Crippen MR) is 238 cm³/mol. The number of cyclic esters (lactones) is 1. The Morgan fingerprint density at radius 2 is 1.30 bits per heavy atom. The van der Waals surface area contributed by atoms with Crippen molar-refractivity contribution in [2.45, 2.75) is 39.2 Å². The number of nitrogens with two attached hydrogens (primary N) is 3. The van der Waals surface area contributed by atoms with E-state index in [0.29, 0.717) is 57.2 Å². The normalized spacial score (nSPS) is 10.7. The van der Waals surface area contributed by atoms with Gasteiger partial charge in [-0.15, -0.1) is 40.2 Å². The summed E-state index contributed by atoms with van der Waals surface area (Å²) in [5, 5.41) is 21.3. The SMILES string of the molecule is Br.C.C1CCOC1.ClCCl.NC(N)=S.[C-]#[N+]c1ccc(C(=O)NC)c(CO)c1.[C-]#[N+]c1ccc(C(=O)NC)c(CSC(=N)N)c1.[C-]#[N+]c1ccc2c(c1)COC2=O. The molecule has 2 aliphatic rings. The van der Waals surface area contributed by atoms with Crippen molar-refractivity contribution in [3.05, 3.63) is 122 Å². The molecule has 1 saturated heterocycles. The van der Waals surface area contributed by atoms with E-state index < -0.39 is 0 Å². The summed E-state index contributed by atoms with van der Waals surface area (Å²) in [7, 11) is 3.07. The molecule has 20 heteroatoms. The van der Waals surface area contributed by atoms with E-state index in [1.54, 1.807) is 49.5 Å². The fraction of sp³-hybridized carbons (Fsp3) is 0.297. The second kappa shape index (κ2) is 33.2. The maximum absolute atomic E-state index is 11.6. The van der Waals surface area contributed by atoms with E-state index in [1.165, 1.54) is 32.0 Å². The number of halogens is 3. The molecule has 15 nitrogen and oxygen atoms in total. The number of alkyl halides is 2. The Morgan fingerprint density at radius 3 is 1.68 bits per heavy atom. The number of hydrogen-bond acceptors (Lipinski definition) is 9. The van der Waals surface area contributed by atoms with Crippen LogP contribution in [0.4, 0.5) is 17.1 Å². The number of aliphatic hydroxyl groups is 1. The van der Waals surface area contributed by atoms with Gasteiger partial charge in [-0.05, 0) is 47.8 Å². The topological polar surface area (TPSA) is 229 Å². The number of benzene rings is 3. The first-order chi connectivity index (χ1) is 26.3. The molecule has 0 unspecified atom stereocenters. The predicted octanol–water partition coefficient (Wildman–Crippen LogP) is 7.34. The Morgan fingerprint density at radius 1 is 0.877 bits per heavy atom. The van der Waals surface area contributed by atoms with Gasteiger partial charge in [0, 0.05) is 44.2 Å². The fourth-order valence-corrected chi connectivity index (χ4v) is 4.67. The molecule has 10 N–H and O–H groups in total. The van der Waals surface area contributed by atoms with Gasteiger partial charge in [0.25, 0.3) is 11.8 Å². The molecule has 5 rings (SSSR count). The molecule has 2 amide bonds. The smallest absolute Gasteiger partial charge is 0.338 e. The maximum Gasteiger partial charge on any atom is 0.338 e. The molecule has 0 spiro atoms. The number of amides is 2. The number of carbonyl (C=O) groups is 3. The van der Waals surface area contributed by atoms with Crippen LogP contribution in [0.15, 0.2) is 54.6 Å². The molecule has 0 atom stereocenters. The summed E-state index contributed by atoms with van der Waals surface area (Å²) in [6, 6.07) is 14.4. The van der Waals surface area contributed by atoms with Crippen molar-refractivity contribution in [3.63, 3.8) is 0 Å². The van der Waals surface area contributed by atoms with Crippen molar-refractivity contribution < 1.29 is 29.0 Å². The van der Waals surface area contributed by atoms with Crippen LogP contribution >= 0.6 is 64.2 Å². The molecule has 0 radical (unpaired) electrons. The number of nitrogens with zero attached hydrogens (tertiary/aromatic N) is 3. The highest BCUT2D eigenvalue weighted by atomic mass is 79.9. The number of carbonyl (C=O) groups excluding carboxylic acids is 3. The number of thioether (sulfide) groups is 1. The van der Waals surface area contributed by atoms with E-state index in [0.717, 1.165) is 30.5 Å². The summed E-state index contributed by atoms with van der Waals surface area (Å²) in [5.74, 6) is -0.352. The van der Waals surface area contributed by atoms with Crippen molar-refractivity contribution in [2.75, 3.05) is 32.6 Å². The average Bonchev–Trinajstić information content (AvgIpc) is 3.90. The van der Waals surface area contributed by atoms with Crippen molar-refractivity contribution in [2.24, 2.45) is 17.2 Å². The second-order valence-electron chi connectivity index (χ2n) is 10.2. The van der Waals surface area contributed by atoms with Gasteiger partial charge in [0.2, 0.25) is 0 Å². The molecular weight excluding hydrogens is 881 g/mol. The number of ether oxygens (including phenoxy) is 2. The highest BCUT2D eigenvalue weighted by Gasteiger charge is 2.20. The van der Waals surface area contributed by atoms with Crippen LogP contribution in [0.2, 0.25) is 0 Å². The van der Waals surface area contributed by atoms with E-state index in [9.17, 15) is 14.4 Å². The van der Waals surface area contributed by atoms with Crippen molar-refractivity contribution in [3.8, 4) is 0 Å². The number of esters is 1. The molecule has 57 heavy (non-hydrogen) atoms. The lowest BCUT2D eigenvalue weighted by Crippen LogP contribution is -2.19. The Labute approximate surface area is 363 Å². The molecule has 1 fully saturated rings. The number of aliphatic hydroxyl groups excluding tert-OH is 1. The molecule has 0 aliphatic carbocycles. The molecule has 3 aromatic carbocycles. The van der Waals surface area contributed by atoms with Gasteiger partial charge in [-0.3, -0.25) is 15.0 Å². The largest absolute Gasteiger partial charge is 0.457 e.